The molecule has 0 spiro atoms. The Kier molecular flexibility index (Phi) is 9.06. The first-order valence-electron chi connectivity index (χ1n) is 10.9. The van der Waals surface area contributed by atoms with Crippen LogP contribution in [0, 0.1) is 0 Å². The van der Waals surface area contributed by atoms with Crippen LogP contribution >= 0.6 is 11.6 Å². The maximum atomic E-state index is 13.5. The summed E-state index contributed by atoms with van der Waals surface area (Å²) in [6.45, 7) is 5.89. The summed E-state index contributed by atoms with van der Waals surface area (Å²) >= 11 is 6.06. The lowest BCUT2D eigenvalue weighted by Gasteiger charge is -2.33. The van der Waals surface area contributed by atoms with Gasteiger partial charge >= 0.3 is 6.18 Å². The summed E-state index contributed by atoms with van der Waals surface area (Å²) in [7, 11) is -4.25. The Hall–Kier alpha value is -2.79. The lowest BCUT2D eigenvalue weighted by Crippen LogP contribution is -2.54. The standard InChI is InChI=1S/C24H29ClF3N3O4S/c1-16(22(33)29-23(2,3)4)30(14-17-9-7-6-8-10-17)21(32)15-31(36(5,34)35)20-13-18(24(26,27)28)11-12-19(20)25/h6-13,16H,14-15H2,1-5H3,(H,29,33)/t16-/m1/s1. The van der Waals surface area contributed by atoms with Gasteiger partial charge in [0.05, 0.1) is 22.5 Å². The van der Waals surface area contributed by atoms with Crippen LogP contribution in [0.4, 0.5) is 18.9 Å². The Morgan fingerprint density at radius 1 is 1.06 bits per heavy atom. The van der Waals surface area contributed by atoms with Gasteiger partial charge in [-0.2, -0.15) is 13.2 Å². The topological polar surface area (TPSA) is 86.8 Å². The average molecular weight is 548 g/mol. The molecule has 0 fully saturated rings. The Bertz CT molecular complexity index is 1200. The zero-order valence-corrected chi connectivity index (χ0v) is 22.1. The molecule has 2 aromatic carbocycles. The van der Waals surface area contributed by atoms with Gasteiger partial charge in [-0.05, 0) is 51.5 Å². The normalized spacial score (nSPS) is 13.1. The van der Waals surface area contributed by atoms with Crippen LogP contribution in [-0.2, 0) is 32.3 Å². The molecule has 0 saturated carbocycles. The average Bonchev–Trinajstić information content (AvgIpc) is 2.73. The Labute approximate surface area is 214 Å². The fourth-order valence-electron chi connectivity index (χ4n) is 3.31. The number of hydrogen-bond donors (Lipinski definition) is 1. The van der Waals surface area contributed by atoms with Crippen molar-refractivity contribution in [2.45, 2.75) is 52.0 Å². The first-order valence-corrected chi connectivity index (χ1v) is 13.1. The van der Waals surface area contributed by atoms with E-state index >= 15 is 0 Å². The predicted octanol–water partition coefficient (Wildman–Crippen LogP) is 4.46. The van der Waals surface area contributed by atoms with E-state index in [0.717, 1.165) is 12.3 Å². The third-order valence-electron chi connectivity index (χ3n) is 5.08. The highest BCUT2D eigenvalue weighted by Crippen LogP contribution is 2.36. The number of nitrogens with zero attached hydrogens (tertiary/aromatic N) is 2. The molecule has 0 aliphatic heterocycles. The zero-order chi connectivity index (χ0) is 27.5. The van der Waals surface area contributed by atoms with Gasteiger partial charge in [-0.1, -0.05) is 41.9 Å². The number of rotatable bonds is 8. The number of carbonyl (C=O) groups excluding carboxylic acids is 2. The lowest BCUT2D eigenvalue weighted by molar-refractivity contribution is -0.140. The second kappa shape index (κ2) is 11.1. The van der Waals surface area contributed by atoms with Crippen molar-refractivity contribution in [3.05, 3.63) is 64.7 Å². The van der Waals surface area contributed by atoms with Gasteiger partial charge in [-0.25, -0.2) is 8.42 Å². The molecule has 0 bridgehead atoms. The highest BCUT2D eigenvalue weighted by atomic mass is 35.5. The molecule has 0 aliphatic carbocycles. The quantitative estimate of drug-likeness (QED) is 0.529. The summed E-state index contributed by atoms with van der Waals surface area (Å²) in [5.41, 5.74) is -1.54. The second-order valence-corrected chi connectivity index (χ2v) is 11.7. The van der Waals surface area contributed by atoms with Crippen molar-refractivity contribution >= 4 is 39.1 Å². The van der Waals surface area contributed by atoms with Gasteiger partial charge in [0.1, 0.15) is 12.6 Å². The second-order valence-electron chi connectivity index (χ2n) is 9.36. The highest BCUT2D eigenvalue weighted by molar-refractivity contribution is 7.92. The lowest BCUT2D eigenvalue weighted by atomic mass is 10.1. The number of sulfonamides is 1. The molecule has 0 aliphatic rings. The molecule has 2 rings (SSSR count). The minimum atomic E-state index is -4.76. The Morgan fingerprint density at radius 2 is 1.64 bits per heavy atom. The molecule has 0 radical (unpaired) electrons. The Balaban J connectivity index is 2.49. The minimum Gasteiger partial charge on any atom is -0.350 e. The van der Waals surface area contributed by atoms with Crippen molar-refractivity contribution < 1.29 is 31.2 Å². The first kappa shape index (κ1) is 29.4. The van der Waals surface area contributed by atoms with Crippen LogP contribution in [0.15, 0.2) is 48.5 Å². The van der Waals surface area contributed by atoms with Crippen molar-refractivity contribution in [1.29, 1.82) is 0 Å². The summed E-state index contributed by atoms with van der Waals surface area (Å²) in [6, 6.07) is 9.90. The van der Waals surface area contributed by atoms with E-state index in [4.69, 9.17) is 11.6 Å². The number of halogens is 4. The van der Waals surface area contributed by atoms with Crippen LogP contribution in [-0.4, -0.2) is 49.5 Å². The van der Waals surface area contributed by atoms with Gasteiger partial charge in [-0.15, -0.1) is 0 Å². The number of alkyl halides is 3. The van der Waals surface area contributed by atoms with Gasteiger partial charge in [0, 0.05) is 12.1 Å². The van der Waals surface area contributed by atoms with E-state index in [1.165, 1.54) is 11.8 Å². The summed E-state index contributed by atoms with van der Waals surface area (Å²) in [4.78, 5) is 27.5. The van der Waals surface area contributed by atoms with E-state index in [1.807, 2.05) is 0 Å². The number of nitrogens with one attached hydrogen (secondary N) is 1. The molecule has 0 saturated heterocycles. The molecular weight excluding hydrogens is 519 g/mol. The number of anilines is 1. The molecule has 7 nitrogen and oxygen atoms in total. The van der Waals surface area contributed by atoms with Crippen LogP contribution < -0.4 is 9.62 Å². The molecule has 36 heavy (non-hydrogen) atoms. The number of benzene rings is 2. The monoisotopic (exact) mass is 547 g/mol. The molecule has 2 amide bonds. The zero-order valence-electron chi connectivity index (χ0n) is 20.6. The van der Waals surface area contributed by atoms with Crippen LogP contribution in [0.3, 0.4) is 0 Å². The van der Waals surface area contributed by atoms with Crippen LogP contribution in [0.1, 0.15) is 38.8 Å². The number of carbonyl (C=O) groups is 2. The molecule has 1 atom stereocenters. The molecular formula is C24H29ClF3N3O4S. The Morgan fingerprint density at radius 3 is 2.14 bits per heavy atom. The van der Waals surface area contributed by atoms with Gasteiger partial charge < -0.3 is 10.2 Å². The smallest absolute Gasteiger partial charge is 0.350 e. The molecule has 12 heteroatoms. The fraction of sp³-hybridized carbons (Fsp3) is 0.417. The van der Waals surface area contributed by atoms with E-state index in [9.17, 15) is 31.2 Å². The molecule has 0 heterocycles. The summed E-state index contributed by atoms with van der Waals surface area (Å²) in [5, 5.41) is 2.49. The van der Waals surface area contributed by atoms with Gasteiger partial charge in [0.2, 0.25) is 21.8 Å². The predicted molar refractivity (Wildman–Crippen MR) is 133 cm³/mol. The third-order valence-corrected chi connectivity index (χ3v) is 6.53. The van der Waals surface area contributed by atoms with Crippen molar-refractivity contribution in [3.8, 4) is 0 Å². The molecule has 0 unspecified atom stereocenters. The molecule has 2 aromatic rings. The number of hydrogen-bond acceptors (Lipinski definition) is 4. The maximum Gasteiger partial charge on any atom is 0.416 e. The summed E-state index contributed by atoms with van der Waals surface area (Å²) < 4.78 is 65.6. The highest BCUT2D eigenvalue weighted by Gasteiger charge is 2.35. The van der Waals surface area contributed by atoms with E-state index < -0.39 is 57.4 Å². The van der Waals surface area contributed by atoms with Crippen molar-refractivity contribution in [2.75, 3.05) is 17.1 Å². The maximum absolute atomic E-state index is 13.5. The van der Waals surface area contributed by atoms with Crippen molar-refractivity contribution in [3.63, 3.8) is 0 Å². The van der Waals surface area contributed by atoms with Gasteiger partial charge in [0.25, 0.3) is 0 Å². The fourth-order valence-corrected chi connectivity index (χ4v) is 4.43. The van der Waals surface area contributed by atoms with Crippen LogP contribution in [0.5, 0.6) is 0 Å². The third kappa shape index (κ3) is 8.12. The van der Waals surface area contributed by atoms with E-state index in [2.05, 4.69) is 5.32 Å². The SMILES string of the molecule is C[C@H](C(=O)NC(C)(C)C)N(Cc1ccccc1)C(=O)CN(c1cc(C(F)(F)F)ccc1Cl)S(C)(=O)=O. The molecule has 1 N–H and O–H groups in total. The van der Waals surface area contributed by atoms with E-state index in [-0.39, 0.29) is 11.6 Å². The minimum absolute atomic E-state index is 0.0354. The van der Waals surface area contributed by atoms with Crippen LogP contribution in [0.2, 0.25) is 5.02 Å². The van der Waals surface area contributed by atoms with E-state index in [0.29, 0.717) is 22.0 Å². The van der Waals surface area contributed by atoms with E-state index in [1.54, 1.807) is 51.1 Å². The van der Waals surface area contributed by atoms with Crippen molar-refractivity contribution in [1.82, 2.24) is 10.2 Å². The van der Waals surface area contributed by atoms with Gasteiger partial charge in [-0.3, -0.25) is 13.9 Å². The summed E-state index contributed by atoms with van der Waals surface area (Å²) in [5.74, 6) is -1.27. The molecule has 0 aromatic heterocycles. The van der Waals surface area contributed by atoms with Crippen LogP contribution in [0.25, 0.3) is 0 Å². The molecule has 198 valence electrons. The van der Waals surface area contributed by atoms with Gasteiger partial charge in [0.15, 0.2) is 0 Å². The van der Waals surface area contributed by atoms with Crippen molar-refractivity contribution in [2.24, 2.45) is 0 Å². The number of amides is 2. The summed E-state index contributed by atoms with van der Waals surface area (Å²) in [6.07, 6.45) is -4.00. The largest absolute Gasteiger partial charge is 0.416 e. The first-order chi connectivity index (χ1) is 16.4.